The number of hydrogen-bond donors (Lipinski definition) is 2. The molecule has 0 saturated heterocycles. The summed E-state index contributed by atoms with van der Waals surface area (Å²) in [6.45, 7) is 4.24. The van der Waals surface area contributed by atoms with Crippen molar-refractivity contribution in [3.63, 3.8) is 0 Å². The van der Waals surface area contributed by atoms with Gasteiger partial charge in [0.1, 0.15) is 10.7 Å². The molecule has 0 bridgehead atoms. The number of nitrogens with one attached hydrogen (secondary N) is 1. The second kappa shape index (κ2) is 5.61. The topological polar surface area (TPSA) is 63.8 Å². The van der Waals surface area contributed by atoms with E-state index >= 15 is 0 Å². The van der Waals surface area contributed by atoms with Gasteiger partial charge in [-0.25, -0.2) is 9.97 Å². The highest BCUT2D eigenvalue weighted by Crippen LogP contribution is 2.25. The van der Waals surface area contributed by atoms with Crippen molar-refractivity contribution in [1.82, 2.24) is 9.97 Å². The maximum absolute atomic E-state index is 5.62. The molecule has 0 aliphatic heterocycles. The molecule has 0 radical (unpaired) electrons. The third kappa shape index (κ3) is 3.38. The molecular weight excluding hydrogens is 244 g/mol. The van der Waals surface area contributed by atoms with Crippen molar-refractivity contribution in [2.75, 3.05) is 5.32 Å². The van der Waals surface area contributed by atoms with Gasteiger partial charge >= 0.3 is 0 Å². The molecule has 0 aromatic carbocycles. The number of thiocarbonyl (C=S) groups is 1. The Morgan fingerprint density at radius 2 is 2.00 bits per heavy atom. The summed E-state index contributed by atoms with van der Waals surface area (Å²) in [5, 5.41) is 3.40. The number of nitrogens with two attached hydrogens (primary N) is 1. The smallest absolute Gasteiger partial charge is 0.223 e. The summed E-state index contributed by atoms with van der Waals surface area (Å²) in [5.41, 5.74) is 7.15. The molecule has 1 heterocycles. The first-order chi connectivity index (χ1) is 8.54. The molecule has 1 saturated carbocycles. The Kier molecular flexibility index (Phi) is 4.11. The SMILES string of the molecule is Cc1cc(C(N)=S)nc(NC2CCC(C)CC2)n1. The van der Waals surface area contributed by atoms with Crippen LogP contribution in [-0.2, 0) is 0 Å². The van der Waals surface area contributed by atoms with Gasteiger partial charge in [0.15, 0.2) is 0 Å². The lowest BCUT2D eigenvalue weighted by Gasteiger charge is -2.27. The number of anilines is 1. The van der Waals surface area contributed by atoms with Gasteiger partial charge in [0, 0.05) is 11.7 Å². The van der Waals surface area contributed by atoms with Crippen LogP contribution in [0, 0.1) is 12.8 Å². The van der Waals surface area contributed by atoms with Crippen molar-refractivity contribution < 1.29 is 0 Å². The Morgan fingerprint density at radius 3 is 2.61 bits per heavy atom. The Hall–Kier alpha value is -1.23. The van der Waals surface area contributed by atoms with Crippen molar-refractivity contribution in [1.29, 1.82) is 0 Å². The average molecular weight is 264 g/mol. The van der Waals surface area contributed by atoms with Gasteiger partial charge in [-0.05, 0) is 44.6 Å². The normalized spacial score (nSPS) is 23.7. The molecule has 98 valence electrons. The predicted octanol–water partition coefficient (Wildman–Crippen LogP) is 2.41. The van der Waals surface area contributed by atoms with Crippen LogP contribution in [0.15, 0.2) is 6.07 Å². The Labute approximate surface area is 113 Å². The molecule has 18 heavy (non-hydrogen) atoms. The van der Waals surface area contributed by atoms with E-state index in [0.717, 1.165) is 11.6 Å². The molecule has 0 atom stereocenters. The van der Waals surface area contributed by atoms with E-state index in [9.17, 15) is 0 Å². The number of rotatable bonds is 3. The fourth-order valence-electron chi connectivity index (χ4n) is 2.35. The minimum absolute atomic E-state index is 0.320. The van der Waals surface area contributed by atoms with Gasteiger partial charge in [0.2, 0.25) is 5.95 Å². The summed E-state index contributed by atoms with van der Waals surface area (Å²) < 4.78 is 0. The number of aromatic nitrogens is 2. The standard InChI is InChI=1S/C13H20N4S/c1-8-3-5-10(6-4-8)16-13-15-9(2)7-11(17-13)12(14)18/h7-8,10H,3-6H2,1-2H3,(H2,14,18)(H,15,16,17). The molecule has 3 N–H and O–H groups in total. The van der Waals surface area contributed by atoms with Gasteiger partial charge in [-0.15, -0.1) is 0 Å². The molecule has 1 aromatic rings. The van der Waals surface area contributed by atoms with Crippen LogP contribution in [0.4, 0.5) is 5.95 Å². The highest BCUT2D eigenvalue weighted by molar-refractivity contribution is 7.80. The van der Waals surface area contributed by atoms with Gasteiger partial charge in [0.25, 0.3) is 0 Å². The second-order valence-corrected chi connectivity index (χ2v) is 5.62. The van der Waals surface area contributed by atoms with E-state index in [1.54, 1.807) is 0 Å². The Bertz CT molecular complexity index is 439. The van der Waals surface area contributed by atoms with E-state index in [2.05, 4.69) is 22.2 Å². The first-order valence-electron chi connectivity index (χ1n) is 6.46. The lowest BCUT2D eigenvalue weighted by molar-refractivity contribution is 0.360. The summed E-state index contributed by atoms with van der Waals surface area (Å²) in [7, 11) is 0. The molecule has 1 aliphatic rings. The molecule has 1 aliphatic carbocycles. The maximum Gasteiger partial charge on any atom is 0.223 e. The van der Waals surface area contributed by atoms with E-state index in [1.807, 2.05) is 13.0 Å². The molecule has 1 fully saturated rings. The fraction of sp³-hybridized carbons (Fsp3) is 0.615. The van der Waals surface area contributed by atoms with Crippen LogP contribution >= 0.6 is 12.2 Å². The van der Waals surface area contributed by atoms with Crippen LogP contribution in [-0.4, -0.2) is 21.0 Å². The van der Waals surface area contributed by atoms with Crippen LogP contribution in [0.5, 0.6) is 0 Å². The van der Waals surface area contributed by atoms with E-state index in [0.29, 0.717) is 22.7 Å². The van der Waals surface area contributed by atoms with Crippen molar-refractivity contribution in [2.24, 2.45) is 11.7 Å². The zero-order valence-electron chi connectivity index (χ0n) is 10.9. The first kappa shape index (κ1) is 13.2. The minimum Gasteiger partial charge on any atom is -0.388 e. The lowest BCUT2D eigenvalue weighted by atomic mass is 9.87. The molecular formula is C13H20N4S. The molecule has 4 nitrogen and oxygen atoms in total. The van der Waals surface area contributed by atoms with E-state index in [-0.39, 0.29) is 0 Å². The largest absolute Gasteiger partial charge is 0.388 e. The highest BCUT2D eigenvalue weighted by atomic mass is 32.1. The van der Waals surface area contributed by atoms with E-state index < -0.39 is 0 Å². The summed E-state index contributed by atoms with van der Waals surface area (Å²) in [4.78, 5) is 9.07. The van der Waals surface area contributed by atoms with Crippen molar-refractivity contribution >= 4 is 23.2 Å². The lowest BCUT2D eigenvalue weighted by Crippen LogP contribution is -2.27. The molecule has 1 aromatic heterocycles. The summed E-state index contributed by atoms with van der Waals surface area (Å²) in [5.74, 6) is 1.49. The highest BCUT2D eigenvalue weighted by Gasteiger charge is 2.19. The molecule has 0 spiro atoms. The Balaban J connectivity index is 2.07. The number of nitrogens with zero attached hydrogens (tertiary/aromatic N) is 2. The van der Waals surface area contributed by atoms with Crippen molar-refractivity contribution in [3.8, 4) is 0 Å². The van der Waals surface area contributed by atoms with Gasteiger partial charge in [-0.1, -0.05) is 19.1 Å². The van der Waals surface area contributed by atoms with E-state index in [4.69, 9.17) is 18.0 Å². The first-order valence-corrected chi connectivity index (χ1v) is 6.87. The third-order valence-corrected chi connectivity index (χ3v) is 3.66. The third-order valence-electron chi connectivity index (χ3n) is 3.46. The number of aryl methyl sites for hydroxylation is 1. The van der Waals surface area contributed by atoms with Gasteiger partial charge < -0.3 is 11.1 Å². The fourth-order valence-corrected chi connectivity index (χ4v) is 2.45. The molecule has 0 amide bonds. The zero-order chi connectivity index (χ0) is 13.1. The summed E-state index contributed by atoms with van der Waals surface area (Å²) in [6.07, 6.45) is 4.90. The van der Waals surface area contributed by atoms with Gasteiger partial charge in [-0.2, -0.15) is 0 Å². The number of hydrogen-bond acceptors (Lipinski definition) is 4. The van der Waals surface area contributed by atoms with Gasteiger partial charge in [0.05, 0.1) is 0 Å². The quantitative estimate of drug-likeness (QED) is 0.821. The average Bonchev–Trinajstić information content (AvgIpc) is 2.31. The summed E-state index contributed by atoms with van der Waals surface area (Å²) in [6, 6.07) is 2.29. The van der Waals surface area contributed by atoms with Crippen LogP contribution in [0.25, 0.3) is 0 Å². The second-order valence-electron chi connectivity index (χ2n) is 5.18. The zero-order valence-corrected chi connectivity index (χ0v) is 11.8. The Morgan fingerprint density at radius 1 is 1.33 bits per heavy atom. The van der Waals surface area contributed by atoms with Crippen LogP contribution in [0.2, 0.25) is 0 Å². The molecule has 5 heteroatoms. The predicted molar refractivity (Wildman–Crippen MR) is 77.7 cm³/mol. The van der Waals surface area contributed by atoms with Crippen LogP contribution in [0.1, 0.15) is 44.0 Å². The van der Waals surface area contributed by atoms with Gasteiger partial charge in [-0.3, -0.25) is 0 Å². The van der Waals surface area contributed by atoms with Crippen molar-refractivity contribution in [3.05, 3.63) is 17.5 Å². The monoisotopic (exact) mass is 264 g/mol. The van der Waals surface area contributed by atoms with Crippen LogP contribution < -0.4 is 11.1 Å². The molecule has 0 unspecified atom stereocenters. The maximum atomic E-state index is 5.62. The summed E-state index contributed by atoms with van der Waals surface area (Å²) >= 11 is 4.96. The minimum atomic E-state index is 0.320. The molecule has 2 rings (SSSR count). The van der Waals surface area contributed by atoms with Crippen LogP contribution in [0.3, 0.4) is 0 Å². The van der Waals surface area contributed by atoms with Crippen molar-refractivity contribution in [2.45, 2.75) is 45.6 Å². The van der Waals surface area contributed by atoms with E-state index in [1.165, 1.54) is 25.7 Å².